The molecule has 0 heterocycles. The average Bonchev–Trinajstić information content (AvgIpc) is 2.65. The zero-order valence-corrected chi connectivity index (χ0v) is 14.5. The first-order chi connectivity index (χ1) is 12.6. The fraction of sp³-hybridized carbons (Fsp3) is 0.143. The van der Waals surface area contributed by atoms with E-state index in [0.717, 1.165) is 16.7 Å². The zero-order valence-electron chi connectivity index (χ0n) is 14.5. The molecule has 0 aliphatic carbocycles. The maximum atomic E-state index is 9.52. The predicted octanol–water partition coefficient (Wildman–Crippen LogP) is 2.31. The van der Waals surface area contributed by atoms with Crippen molar-refractivity contribution in [3.8, 4) is 0 Å². The van der Waals surface area contributed by atoms with Crippen LogP contribution in [0, 0.1) is 0 Å². The molecule has 0 bridgehead atoms. The highest BCUT2D eigenvalue weighted by atomic mass is 16.3. The van der Waals surface area contributed by atoms with E-state index in [1.54, 1.807) is 0 Å². The Hall–Kier alpha value is -3.02. The van der Waals surface area contributed by atoms with Gasteiger partial charge in [-0.1, -0.05) is 54.6 Å². The second-order valence-corrected chi connectivity index (χ2v) is 6.16. The lowest BCUT2D eigenvalue weighted by Crippen LogP contribution is -2.47. The molecular weight excluding hydrogens is 324 g/mol. The van der Waals surface area contributed by atoms with Gasteiger partial charge >= 0.3 is 0 Å². The Labute approximate surface area is 153 Å². The van der Waals surface area contributed by atoms with E-state index < -0.39 is 5.54 Å². The van der Waals surface area contributed by atoms with Gasteiger partial charge in [-0.15, -0.1) is 0 Å². The molecule has 3 aromatic carbocycles. The van der Waals surface area contributed by atoms with Crippen LogP contribution in [0.5, 0.6) is 0 Å². The molecule has 26 heavy (non-hydrogen) atoms. The number of nitrogen functional groups attached to an aromatic ring is 3. The summed E-state index contributed by atoms with van der Waals surface area (Å²) in [5, 5.41) is 13.0. The number of nitrogens with one attached hydrogen (secondary N) is 1. The molecular formula is C21H24N4O. The van der Waals surface area contributed by atoms with Gasteiger partial charge in [-0.05, 0) is 18.2 Å². The van der Waals surface area contributed by atoms with Gasteiger partial charge < -0.3 is 22.3 Å². The molecule has 0 atom stereocenters. The summed E-state index contributed by atoms with van der Waals surface area (Å²) in [7, 11) is 0. The van der Waals surface area contributed by atoms with Crippen LogP contribution in [0.1, 0.15) is 16.7 Å². The standard InChI is InChI=1S/C21H24N4O/c22-18-10-4-1-7-15(18)21(25-13-14-26,16-8-2-5-11-19(16)23)17-9-3-6-12-20(17)24/h1-12,25-26H,13-14,22-24H2. The molecule has 5 heteroatoms. The van der Waals surface area contributed by atoms with Crippen molar-refractivity contribution in [3.05, 3.63) is 89.5 Å². The minimum absolute atomic E-state index is 0.0338. The molecule has 0 saturated heterocycles. The zero-order chi connectivity index (χ0) is 18.6. The molecule has 5 nitrogen and oxygen atoms in total. The van der Waals surface area contributed by atoms with Crippen molar-refractivity contribution in [1.82, 2.24) is 5.32 Å². The van der Waals surface area contributed by atoms with Crippen molar-refractivity contribution in [1.29, 1.82) is 0 Å². The number of hydrogen-bond acceptors (Lipinski definition) is 5. The number of nitrogens with two attached hydrogens (primary N) is 3. The van der Waals surface area contributed by atoms with E-state index in [1.165, 1.54) is 0 Å². The summed E-state index contributed by atoms with van der Waals surface area (Å²) >= 11 is 0. The summed E-state index contributed by atoms with van der Waals surface area (Å²) in [6.07, 6.45) is 0. The van der Waals surface area contributed by atoms with Crippen molar-refractivity contribution in [2.75, 3.05) is 30.4 Å². The molecule has 0 saturated carbocycles. The van der Waals surface area contributed by atoms with Gasteiger partial charge in [0.05, 0.1) is 6.61 Å². The molecule has 3 rings (SSSR count). The van der Waals surface area contributed by atoms with Crippen LogP contribution in [0.3, 0.4) is 0 Å². The second kappa shape index (κ2) is 7.47. The van der Waals surface area contributed by atoms with E-state index in [-0.39, 0.29) is 6.61 Å². The van der Waals surface area contributed by atoms with Crippen LogP contribution in [0.25, 0.3) is 0 Å². The molecule has 0 aliphatic heterocycles. The lowest BCUT2D eigenvalue weighted by atomic mass is 9.75. The molecule has 3 aromatic rings. The third kappa shape index (κ3) is 2.98. The minimum Gasteiger partial charge on any atom is -0.398 e. The Kier molecular flexibility index (Phi) is 5.11. The summed E-state index contributed by atoms with van der Waals surface area (Å²) in [6, 6.07) is 22.9. The van der Waals surface area contributed by atoms with Crippen LogP contribution >= 0.6 is 0 Å². The van der Waals surface area contributed by atoms with Gasteiger partial charge in [0.25, 0.3) is 0 Å². The number of hydrogen-bond donors (Lipinski definition) is 5. The maximum absolute atomic E-state index is 9.52. The molecule has 0 unspecified atom stereocenters. The van der Waals surface area contributed by atoms with Crippen LogP contribution < -0.4 is 22.5 Å². The number of aliphatic hydroxyl groups excluding tert-OH is 1. The quantitative estimate of drug-likeness (QED) is 0.347. The van der Waals surface area contributed by atoms with Crippen LogP contribution in [-0.2, 0) is 5.54 Å². The Morgan fingerprint density at radius 2 is 1.00 bits per heavy atom. The number of para-hydroxylation sites is 3. The van der Waals surface area contributed by atoms with Crippen LogP contribution in [0.4, 0.5) is 17.1 Å². The van der Waals surface area contributed by atoms with E-state index in [0.29, 0.717) is 23.6 Å². The van der Waals surface area contributed by atoms with E-state index in [9.17, 15) is 5.11 Å². The Morgan fingerprint density at radius 3 is 1.31 bits per heavy atom. The Bertz CT molecular complexity index is 784. The lowest BCUT2D eigenvalue weighted by molar-refractivity contribution is 0.278. The van der Waals surface area contributed by atoms with Crippen molar-refractivity contribution in [2.24, 2.45) is 0 Å². The summed E-state index contributed by atoms with van der Waals surface area (Å²) < 4.78 is 0. The molecule has 0 aliphatic rings. The number of rotatable bonds is 6. The molecule has 0 aromatic heterocycles. The average molecular weight is 348 g/mol. The molecule has 8 N–H and O–H groups in total. The first kappa shape index (κ1) is 17.8. The summed E-state index contributed by atoms with van der Waals surface area (Å²) in [5.74, 6) is 0. The van der Waals surface area contributed by atoms with E-state index in [2.05, 4.69) is 5.32 Å². The van der Waals surface area contributed by atoms with Crippen LogP contribution in [0.2, 0.25) is 0 Å². The van der Waals surface area contributed by atoms with E-state index in [1.807, 2.05) is 72.8 Å². The third-order valence-corrected chi connectivity index (χ3v) is 4.60. The number of benzene rings is 3. The van der Waals surface area contributed by atoms with Crippen LogP contribution in [-0.4, -0.2) is 18.3 Å². The fourth-order valence-corrected chi connectivity index (χ4v) is 3.48. The van der Waals surface area contributed by atoms with Crippen molar-refractivity contribution < 1.29 is 5.11 Å². The van der Waals surface area contributed by atoms with Gasteiger partial charge in [0.2, 0.25) is 0 Å². The van der Waals surface area contributed by atoms with Gasteiger partial charge in [0.1, 0.15) is 5.54 Å². The van der Waals surface area contributed by atoms with Crippen LogP contribution in [0.15, 0.2) is 72.8 Å². The van der Waals surface area contributed by atoms with Gasteiger partial charge in [0.15, 0.2) is 0 Å². The van der Waals surface area contributed by atoms with Crippen molar-refractivity contribution in [2.45, 2.75) is 5.54 Å². The summed E-state index contributed by atoms with van der Waals surface area (Å²) in [5.41, 5.74) is 22.6. The summed E-state index contributed by atoms with van der Waals surface area (Å²) in [6.45, 7) is 0.310. The monoisotopic (exact) mass is 348 g/mol. The first-order valence-corrected chi connectivity index (χ1v) is 8.52. The number of aliphatic hydroxyl groups is 1. The largest absolute Gasteiger partial charge is 0.398 e. The Balaban J connectivity index is 2.41. The number of anilines is 3. The third-order valence-electron chi connectivity index (χ3n) is 4.60. The highest BCUT2D eigenvalue weighted by Crippen LogP contribution is 2.43. The van der Waals surface area contributed by atoms with Gasteiger partial charge in [-0.3, -0.25) is 5.32 Å². The molecule has 0 spiro atoms. The fourth-order valence-electron chi connectivity index (χ4n) is 3.48. The predicted molar refractivity (Wildman–Crippen MR) is 108 cm³/mol. The van der Waals surface area contributed by atoms with Gasteiger partial charge in [-0.25, -0.2) is 0 Å². The highest BCUT2D eigenvalue weighted by Gasteiger charge is 2.39. The lowest BCUT2D eigenvalue weighted by Gasteiger charge is -2.39. The minimum atomic E-state index is -0.884. The normalized spacial score (nSPS) is 11.4. The van der Waals surface area contributed by atoms with E-state index in [4.69, 9.17) is 17.2 Å². The van der Waals surface area contributed by atoms with Gasteiger partial charge in [0, 0.05) is 40.3 Å². The van der Waals surface area contributed by atoms with Crippen molar-refractivity contribution >= 4 is 17.1 Å². The molecule has 0 radical (unpaired) electrons. The highest BCUT2D eigenvalue weighted by molar-refractivity contribution is 5.69. The molecule has 0 amide bonds. The summed E-state index contributed by atoms with van der Waals surface area (Å²) in [4.78, 5) is 0. The second-order valence-electron chi connectivity index (χ2n) is 6.16. The maximum Gasteiger partial charge on any atom is 0.101 e. The smallest absolute Gasteiger partial charge is 0.101 e. The first-order valence-electron chi connectivity index (χ1n) is 8.52. The van der Waals surface area contributed by atoms with Crippen molar-refractivity contribution in [3.63, 3.8) is 0 Å². The topological polar surface area (TPSA) is 110 Å². The SMILES string of the molecule is Nc1ccccc1C(NCCO)(c1ccccc1N)c1ccccc1N. The molecule has 134 valence electrons. The van der Waals surface area contributed by atoms with Gasteiger partial charge in [-0.2, -0.15) is 0 Å². The van der Waals surface area contributed by atoms with E-state index >= 15 is 0 Å². The molecule has 0 fully saturated rings. The Morgan fingerprint density at radius 1 is 0.654 bits per heavy atom.